The Morgan fingerprint density at radius 2 is 1.95 bits per heavy atom. The fourth-order valence-electron chi connectivity index (χ4n) is 2.58. The minimum Gasteiger partial charge on any atom is -0.356 e. The van der Waals surface area contributed by atoms with Crippen LogP contribution in [-0.2, 0) is 11.2 Å². The van der Waals surface area contributed by atoms with Crippen molar-refractivity contribution in [3.8, 4) is 0 Å². The minimum atomic E-state index is 0.125. The number of hydrogen-bond donors (Lipinski definition) is 2. The molecule has 0 radical (unpaired) electrons. The third-order valence-electron chi connectivity index (χ3n) is 3.93. The zero-order valence-corrected chi connectivity index (χ0v) is 12.1. The van der Waals surface area contributed by atoms with E-state index in [0.717, 1.165) is 26.1 Å². The summed E-state index contributed by atoms with van der Waals surface area (Å²) in [6, 6.07) is 6.56. The van der Waals surface area contributed by atoms with E-state index in [9.17, 15) is 4.79 Å². The van der Waals surface area contributed by atoms with Crippen molar-refractivity contribution >= 4 is 5.91 Å². The number of rotatable bonds is 5. The lowest BCUT2D eigenvalue weighted by Gasteiger charge is -2.31. The van der Waals surface area contributed by atoms with Crippen LogP contribution in [0.5, 0.6) is 0 Å². The highest BCUT2D eigenvalue weighted by Gasteiger charge is 2.28. The Morgan fingerprint density at radius 3 is 2.47 bits per heavy atom. The van der Waals surface area contributed by atoms with Gasteiger partial charge in [-0.2, -0.15) is 0 Å². The van der Waals surface area contributed by atoms with Crippen LogP contribution in [0.15, 0.2) is 18.2 Å². The van der Waals surface area contributed by atoms with E-state index in [1.165, 1.54) is 16.7 Å². The molecule has 19 heavy (non-hydrogen) atoms. The number of carbonyl (C=O) groups is 1. The summed E-state index contributed by atoms with van der Waals surface area (Å²) in [7, 11) is 0. The first-order valence-corrected chi connectivity index (χ1v) is 7.12. The summed E-state index contributed by atoms with van der Waals surface area (Å²) in [5, 5.41) is 6.26. The maximum atomic E-state index is 12.0. The lowest BCUT2D eigenvalue weighted by Crippen LogP contribution is -2.49. The molecule has 1 aromatic carbocycles. The van der Waals surface area contributed by atoms with Crippen molar-refractivity contribution in [2.45, 2.75) is 27.2 Å². The number of carbonyl (C=O) groups excluding carboxylic acids is 1. The van der Waals surface area contributed by atoms with E-state index in [1.807, 2.05) is 6.92 Å². The molecule has 0 bridgehead atoms. The SMILES string of the molecule is Cc1cc(C)cc(CCNC(=O)C(C)C2CNC2)c1. The van der Waals surface area contributed by atoms with Crippen molar-refractivity contribution in [2.75, 3.05) is 19.6 Å². The van der Waals surface area contributed by atoms with Gasteiger partial charge < -0.3 is 10.6 Å². The van der Waals surface area contributed by atoms with Gasteiger partial charge in [0.15, 0.2) is 0 Å². The third kappa shape index (κ3) is 3.80. The highest BCUT2D eigenvalue weighted by molar-refractivity contribution is 5.78. The summed E-state index contributed by atoms with van der Waals surface area (Å²) in [6.45, 7) is 8.93. The molecule has 1 unspecified atom stereocenters. The van der Waals surface area contributed by atoms with Crippen molar-refractivity contribution in [3.05, 3.63) is 34.9 Å². The van der Waals surface area contributed by atoms with Crippen molar-refractivity contribution in [1.29, 1.82) is 0 Å². The molecule has 0 spiro atoms. The molecule has 1 fully saturated rings. The second-order valence-electron chi connectivity index (χ2n) is 5.74. The average molecular weight is 260 g/mol. The van der Waals surface area contributed by atoms with Gasteiger partial charge in [0.25, 0.3) is 0 Å². The molecule has 1 atom stereocenters. The van der Waals surface area contributed by atoms with Crippen LogP contribution in [0.1, 0.15) is 23.6 Å². The van der Waals surface area contributed by atoms with Gasteiger partial charge >= 0.3 is 0 Å². The molecule has 3 heteroatoms. The molecule has 1 aromatic rings. The monoisotopic (exact) mass is 260 g/mol. The van der Waals surface area contributed by atoms with Crippen molar-refractivity contribution in [2.24, 2.45) is 11.8 Å². The first-order valence-electron chi connectivity index (χ1n) is 7.12. The van der Waals surface area contributed by atoms with Gasteiger partial charge in [-0.25, -0.2) is 0 Å². The molecule has 1 aliphatic heterocycles. The molecule has 1 amide bonds. The third-order valence-corrected chi connectivity index (χ3v) is 3.93. The van der Waals surface area contributed by atoms with Crippen LogP contribution in [0.25, 0.3) is 0 Å². The second-order valence-corrected chi connectivity index (χ2v) is 5.74. The quantitative estimate of drug-likeness (QED) is 0.848. The summed E-state index contributed by atoms with van der Waals surface area (Å²) >= 11 is 0. The van der Waals surface area contributed by atoms with Crippen molar-refractivity contribution < 1.29 is 4.79 Å². The summed E-state index contributed by atoms with van der Waals surface area (Å²) in [6.07, 6.45) is 0.907. The van der Waals surface area contributed by atoms with Gasteiger partial charge in [-0.05, 0) is 44.8 Å². The second kappa shape index (κ2) is 6.20. The van der Waals surface area contributed by atoms with Crippen LogP contribution in [0.2, 0.25) is 0 Å². The molecule has 0 saturated carbocycles. The number of nitrogens with one attached hydrogen (secondary N) is 2. The first kappa shape index (κ1) is 14.1. The highest BCUT2D eigenvalue weighted by atomic mass is 16.1. The standard InChI is InChI=1S/C16H24N2O/c1-11-6-12(2)8-14(7-11)4-5-18-16(19)13(3)15-9-17-10-15/h6-8,13,15,17H,4-5,9-10H2,1-3H3,(H,18,19). The van der Waals surface area contributed by atoms with Gasteiger partial charge in [0.1, 0.15) is 0 Å². The highest BCUT2D eigenvalue weighted by Crippen LogP contribution is 2.15. The smallest absolute Gasteiger partial charge is 0.223 e. The molecule has 2 N–H and O–H groups in total. The fourth-order valence-corrected chi connectivity index (χ4v) is 2.58. The van der Waals surface area contributed by atoms with E-state index in [1.54, 1.807) is 0 Å². The Kier molecular flexibility index (Phi) is 4.59. The van der Waals surface area contributed by atoms with E-state index < -0.39 is 0 Å². The fraction of sp³-hybridized carbons (Fsp3) is 0.562. The lowest BCUT2D eigenvalue weighted by atomic mass is 9.88. The summed E-state index contributed by atoms with van der Waals surface area (Å²) in [4.78, 5) is 12.0. The maximum absolute atomic E-state index is 12.0. The summed E-state index contributed by atoms with van der Waals surface area (Å²) < 4.78 is 0. The maximum Gasteiger partial charge on any atom is 0.223 e. The molecular weight excluding hydrogens is 236 g/mol. The van der Waals surface area contributed by atoms with Gasteiger partial charge in [0.2, 0.25) is 5.91 Å². The predicted octanol–water partition coefficient (Wildman–Crippen LogP) is 1.82. The number of amides is 1. The lowest BCUT2D eigenvalue weighted by molar-refractivity contribution is -0.126. The summed E-state index contributed by atoms with van der Waals surface area (Å²) in [5.74, 6) is 0.831. The zero-order chi connectivity index (χ0) is 13.8. The van der Waals surface area contributed by atoms with E-state index in [0.29, 0.717) is 5.92 Å². The van der Waals surface area contributed by atoms with Gasteiger partial charge in [-0.3, -0.25) is 4.79 Å². The molecule has 1 saturated heterocycles. The predicted molar refractivity (Wildman–Crippen MR) is 78.2 cm³/mol. The number of benzene rings is 1. The molecule has 2 rings (SSSR count). The van der Waals surface area contributed by atoms with Gasteiger partial charge in [-0.1, -0.05) is 36.2 Å². The van der Waals surface area contributed by atoms with Crippen LogP contribution >= 0.6 is 0 Å². The van der Waals surface area contributed by atoms with E-state index in [2.05, 4.69) is 42.7 Å². The number of aryl methyl sites for hydroxylation is 2. The Morgan fingerprint density at radius 1 is 1.32 bits per heavy atom. The summed E-state index contributed by atoms with van der Waals surface area (Å²) in [5.41, 5.74) is 3.88. The Bertz CT molecular complexity index is 432. The first-order chi connectivity index (χ1) is 9.06. The molecule has 104 valence electrons. The normalized spacial score (nSPS) is 16.8. The Balaban J connectivity index is 1.77. The van der Waals surface area contributed by atoms with Crippen LogP contribution in [0, 0.1) is 25.7 Å². The van der Waals surface area contributed by atoms with Gasteiger partial charge in [0.05, 0.1) is 0 Å². The topological polar surface area (TPSA) is 41.1 Å². The van der Waals surface area contributed by atoms with Gasteiger partial charge in [-0.15, -0.1) is 0 Å². The van der Waals surface area contributed by atoms with Crippen LogP contribution < -0.4 is 10.6 Å². The Hall–Kier alpha value is -1.35. The number of hydrogen-bond acceptors (Lipinski definition) is 2. The molecule has 0 aromatic heterocycles. The van der Waals surface area contributed by atoms with E-state index in [4.69, 9.17) is 0 Å². The van der Waals surface area contributed by atoms with E-state index in [-0.39, 0.29) is 11.8 Å². The molecule has 1 heterocycles. The molecule has 0 aliphatic carbocycles. The van der Waals surface area contributed by atoms with Gasteiger partial charge in [0, 0.05) is 12.5 Å². The largest absolute Gasteiger partial charge is 0.356 e. The minimum absolute atomic E-state index is 0.125. The van der Waals surface area contributed by atoms with E-state index >= 15 is 0 Å². The molecular formula is C16H24N2O. The zero-order valence-electron chi connectivity index (χ0n) is 12.1. The molecule has 1 aliphatic rings. The molecule has 3 nitrogen and oxygen atoms in total. The van der Waals surface area contributed by atoms with Crippen LogP contribution in [0.4, 0.5) is 0 Å². The van der Waals surface area contributed by atoms with Crippen LogP contribution in [0.3, 0.4) is 0 Å². The van der Waals surface area contributed by atoms with Crippen molar-refractivity contribution in [3.63, 3.8) is 0 Å². The average Bonchev–Trinajstić information content (AvgIpc) is 2.25. The van der Waals surface area contributed by atoms with Crippen molar-refractivity contribution in [1.82, 2.24) is 10.6 Å². The Labute approximate surface area is 115 Å². The van der Waals surface area contributed by atoms with Crippen LogP contribution in [-0.4, -0.2) is 25.5 Å².